The zero-order chi connectivity index (χ0) is 7.94. The largest absolute Gasteiger partial charge is 0.259 e. The quantitative estimate of drug-likeness (QED) is 0.482. The van der Waals surface area contributed by atoms with Crippen molar-refractivity contribution in [2.75, 3.05) is 5.75 Å². The van der Waals surface area contributed by atoms with Crippen molar-refractivity contribution in [3.8, 4) is 0 Å². The number of rotatable bonds is 5. The number of hydrogen-bond donors (Lipinski definition) is 1. The highest BCUT2D eigenvalue weighted by Crippen LogP contribution is 2.28. The molecule has 0 fully saturated rings. The second-order valence-corrected chi connectivity index (χ2v) is 4.87. The zero-order valence-electron chi connectivity index (χ0n) is 7.16. The van der Waals surface area contributed by atoms with Gasteiger partial charge < -0.3 is 0 Å². The Hall–Kier alpha value is -0.240. The molecule has 1 nitrogen and oxygen atoms in total. The van der Waals surface area contributed by atoms with Crippen LogP contribution in [0.2, 0.25) is 0 Å². The fourth-order valence-corrected chi connectivity index (χ4v) is 2.57. The molecule has 0 spiro atoms. The van der Waals surface area contributed by atoms with Gasteiger partial charge in [-0.15, -0.1) is 0 Å². The molecular formula is C9H17NS. The molecule has 0 amide bonds. The van der Waals surface area contributed by atoms with Gasteiger partial charge in [-0.2, -0.15) is 10.9 Å². The average Bonchev–Trinajstić information content (AvgIpc) is 2.50. The Balaban J connectivity index is 1.95. The van der Waals surface area contributed by atoms with E-state index in [0.717, 1.165) is 0 Å². The van der Waals surface area contributed by atoms with Gasteiger partial charge in [-0.1, -0.05) is 26.2 Å². The van der Waals surface area contributed by atoms with Crippen LogP contribution in [0.15, 0.2) is 16.6 Å². The van der Waals surface area contributed by atoms with Crippen LogP contribution in [0, 0.1) is 0 Å². The molecule has 1 atom stereocenters. The van der Waals surface area contributed by atoms with Crippen LogP contribution in [0.25, 0.3) is 0 Å². The van der Waals surface area contributed by atoms with E-state index in [1.165, 1.54) is 31.4 Å². The molecule has 0 aromatic heterocycles. The molecule has 11 heavy (non-hydrogen) atoms. The van der Waals surface area contributed by atoms with Crippen LogP contribution >= 0.6 is 10.9 Å². The lowest BCUT2D eigenvalue weighted by atomic mass is 10.2. The highest BCUT2D eigenvalue weighted by molar-refractivity contribution is 8.31. The number of hydrogen-bond acceptors (Lipinski definition) is 1. The van der Waals surface area contributed by atoms with Crippen molar-refractivity contribution in [3.63, 3.8) is 0 Å². The van der Waals surface area contributed by atoms with Crippen LogP contribution in [0.1, 0.15) is 32.6 Å². The summed E-state index contributed by atoms with van der Waals surface area (Å²) >= 11 is 0. The van der Waals surface area contributed by atoms with Crippen molar-refractivity contribution in [2.24, 2.45) is 4.99 Å². The summed E-state index contributed by atoms with van der Waals surface area (Å²) in [4.78, 5) is 4.09. The first-order valence-electron chi connectivity index (χ1n) is 4.39. The minimum Gasteiger partial charge on any atom is -0.259 e. The van der Waals surface area contributed by atoms with Gasteiger partial charge in [0.1, 0.15) is 0 Å². The molecule has 64 valence electrons. The van der Waals surface area contributed by atoms with Gasteiger partial charge in [0.05, 0.1) is 0 Å². The van der Waals surface area contributed by atoms with Crippen LogP contribution in [-0.4, -0.2) is 11.3 Å². The van der Waals surface area contributed by atoms with Crippen molar-refractivity contribution in [3.05, 3.63) is 11.6 Å². The monoisotopic (exact) mass is 171 g/mol. The van der Waals surface area contributed by atoms with Gasteiger partial charge in [0.25, 0.3) is 0 Å². The summed E-state index contributed by atoms with van der Waals surface area (Å²) in [5, 5.41) is 2.25. The summed E-state index contributed by atoms with van der Waals surface area (Å²) in [6.45, 7) is 2.25. The number of aliphatic imine (C=N–C) groups is 1. The van der Waals surface area contributed by atoms with E-state index in [4.69, 9.17) is 0 Å². The van der Waals surface area contributed by atoms with Crippen LogP contribution in [0.5, 0.6) is 0 Å². The first-order valence-corrected chi connectivity index (χ1v) is 6.05. The summed E-state index contributed by atoms with van der Waals surface area (Å²) in [6.07, 6.45) is 7.45. The van der Waals surface area contributed by atoms with Crippen LogP contribution in [0.4, 0.5) is 0 Å². The maximum absolute atomic E-state index is 4.09. The maximum atomic E-state index is 4.09. The molecule has 1 aliphatic rings. The van der Waals surface area contributed by atoms with E-state index in [-0.39, 0.29) is 10.9 Å². The van der Waals surface area contributed by atoms with Gasteiger partial charge in [-0.3, -0.25) is 4.99 Å². The van der Waals surface area contributed by atoms with Crippen LogP contribution < -0.4 is 0 Å². The Morgan fingerprint density at radius 2 is 2.18 bits per heavy atom. The van der Waals surface area contributed by atoms with E-state index in [2.05, 4.69) is 22.9 Å². The molecule has 1 rings (SSSR count). The SMILES string of the molecule is CCCCCC[SH]1C=CN=C1. The van der Waals surface area contributed by atoms with E-state index >= 15 is 0 Å². The molecule has 1 aliphatic heterocycles. The van der Waals surface area contributed by atoms with Crippen LogP contribution in [-0.2, 0) is 0 Å². The van der Waals surface area contributed by atoms with E-state index < -0.39 is 0 Å². The van der Waals surface area contributed by atoms with Crippen molar-refractivity contribution in [1.82, 2.24) is 0 Å². The summed E-state index contributed by atoms with van der Waals surface area (Å²) in [7, 11) is 0.0660. The minimum atomic E-state index is 0.0660. The standard InChI is InChI=1S/C9H17NS/c1-2-3-4-5-7-11-8-6-10-9-11/h6,8-9,11H,2-5,7H2,1H3. The predicted molar refractivity (Wildman–Crippen MR) is 55.6 cm³/mol. The molecule has 0 aromatic carbocycles. The highest BCUT2D eigenvalue weighted by atomic mass is 32.2. The normalized spacial score (nSPS) is 24.6. The first-order chi connectivity index (χ1) is 5.43. The number of thiol groups is 1. The smallest absolute Gasteiger partial charge is 0.0436 e. The van der Waals surface area contributed by atoms with Gasteiger partial charge in [0, 0.05) is 11.7 Å². The van der Waals surface area contributed by atoms with E-state index in [9.17, 15) is 0 Å². The Kier molecular flexibility index (Phi) is 4.36. The van der Waals surface area contributed by atoms with Gasteiger partial charge in [0.2, 0.25) is 0 Å². The van der Waals surface area contributed by atoms with E-state index in [1.807, 2.05) is 6.20 Å². The Bertz CT molecular complexity index is 140. The molecule has 1 unspecified atom stereocenters. The fourth-order valence-electron chi connectivity index (χ4n) is 1.14. The molecule has 0 aliphatic carbocycles. The van der Waals surface area contributed by atoms with Gasteiger partial charge in [0.15, 0.2) is 0 Å². The van der Waals surface area contributed by atoms with Crippen molar-refractivity contribution in [1.29, 1.82) is 0 Å². The lowest BCUT2D eigenvalue weighted by Gasteiger charge is -2.06. The molecule has 0 saturated carbocycles. The number of nitrogens with zero attached hydrogens (tertiary/aromatic N) is 1. The third kappa shape index (κ3) is 3.61. The van der Waals surface area contributed by atoms with E-state index in [1.54, 1.807) is 0 Å². The first kappa shape index (κ1) is 8.85. The Morgan fingerprint density at radius 1 is 1.27 bits per heavy atom. The second-order valence-electron chi connectivity index (χ2n) is 2.86. The average molecular weight is 171 g/mol. The Morgan fingerprint density at radius 3 is 2.82 bits per heavy atom. The summed E-state index contributed by atoms with van der Waals surface area (Å²) in [6, 6.07) is 0. The zero-order valence-corrected chi connectivity index (χ0v) is 8.06. The molecule has 0 radical (unpaired) electrons. The summed E-state index contributed by atoms with van der Waals surface area (Å²) < 4.78 is 0. The maximum Gasteiger partial charge on any atom is 0.0436 e. The molecular weight excluding hydrogens is 154 g/mol. The lowest BCUT2D eigenvalue weighted by Crippen LogP contribution is -1.85. The van der Waals surface area contributed by atoms with Gasteiger partial charge in [-0.25, -0.2) is 0 Å². The molecule has 0 N–H and O–H groups in total. The predicted octanol–water partition coefficient (Wildman–Crippen LogP) is 3.08. The van der Waals surface area contributed by atoms with Gasteiger partial charge in [-0.05, 0) is 17.6 Å². The fraction of sp³-hybridized carbons (Fsp3) is 0.667. The van der Waals surface area contributed by atoms with E-state index in [0.29, 0.717) is 0 Å². The number of unbranched alkanes of at least 4 members (excludes halogenated alkanes) is 3. The molecule has 0 bridgehead atoms. The molecule has 1 heterocycles. The topological polar surface area (TPSA) is 12.4 Å². The van der Waals surface area contributed by atoms with Gasteiger partial charge >= 0.3 is 0 Å². The minimum absolute atomic E-state index is 0.0660. The third-order valence-electron chi connectivity index (χ3n) is 1.83. The molecule has 2 heteroatoms. The van der Waals surface area contributed by atoms with Crippen molar-refractivity contribution in [2.45, 2.75) is 32.6 Å². The third-order valence-corrected chi connectivity index (χ3v) is 3.61. The lowest BCUT2D eigenvalue weighted by molar-refractivity contribution is 0.706. The summed E-state index contributed by atoms with van der Waals surface area (Å²) in [5.74, 6) is 1.36. The second kappa shape index (κ2) is 5.42. The van der Waals surface area contributed by atoms with Crippen molar-refractivity contribution < 1.29 is 0 Å². The molecule has 0 saturated heterocycles. The van der Waals surface area contributed by atoms with Crippen molar-refractivity contribution >= 4 is 16.4 Å². The molecule has 0 aromatic rings. The Labute approximate surface area is 71.9 Å². The summed E-state index contributed by atoms with van der Waals surface area (Å²) in [5.41, 5.74) is 2.11. The van der Waals surface area contributed by atoms with Crippen LogP contribution in [0.3, 0.4) is 0 Å². The highest BCUT2D eigenvalue weighted by Gasteiger charge is 1.98.